The number of fused-ring (bicyclic) bond motifs is 1. The van der Waals surface area contributed by atoms with Gasteiger partial charge in [0, 0.05) is 25.0 Å². The minimum atomic E-state index is -0.632. The van der Waals surface area contributed by atoms with Crippen LogP contribution in [-0.2, 0) is 20.9 Å². The Labute approximate surface area is 159 Å². The fourth-order valence-electron chi connectivity index (χ4n) is 4.95. The van der Waals surface area contributed by atoms with E-state index in [1.807, 2.05) is 24.0 Å². The number of ether oxygens (including phenoxy) is 1. The van der Waals surface area contributed by atoms with Crippen molar-refractivity contribution in [1.82, 2.24) is 19.8 Å². The zero-order valence-corrected chi connectivity index (χ0v) is 16.4. The predicted molar refractivity (Wildman–Crippen MR) is 99.6 cm³/mol. The summed E-state index contributed by atoms with van der Waals surface area (Å²) in [4.78, 5) is 37.5. The Kier molecular flexibility index (Phi) is 4.37. The number of rotatable bonds is 6. The summed E-state index contributed by atoms with van der Waals surface area (Å²) in [5, 5.41) is 0. The number of likely N-dealkylation sites (tertiary alicyclic amines) is 1. The summed E-state index contributed by atoms with van der Waals surface area (Å²) in [6.07, 6.45) is 7.25. The average molecular weight is 372 g/mol. The SMILES string of the molecule is CCC(CC)N1C[C@@]23C=C[C@@H](O2)C(C(=O)N(C)Cc2ncc(C)[nH]2)C3C1=O. The van der Waals surface area contributed by atoms with E-state index < -0.39 is 17.4 Å². The number of H-pyrrole nitrogens is 1. The van der Waals surface area contributed by atoms with E-state index in [-0.39, 0.29) is 24.0 Å². The predicted octanol–water partition coefficient (Wildman–Crippen LogP) is 1.65. The molecule has 1 aromatic rings. The molecule has 1 N–H and O–H groups in total. The first-order chi connectivity index (χ1) is 12.9. The van der Waals surface area contributed by atoms with Gasteiger partial charge in [-0.05, 0) is 19.8 Å². The number of carbonyl (C=O) groups is 2. The number of aromatic nitrogens is 2. The minimum absolute atomic E-state index is 0.0509. The van der Waals surface area contributed by atoms with Gasteiger partial charge in [-0.2, -0.15) is 0 Å². The molecule has 2 fully saturated rings. The third-order valence-corrected chi connectivity index (χ3v) is 6.32. The molecule has 3 aliphatic heterocycles. The van der Waals surface area contributed by atoms with Crippen LogP contribution in [0.25, 0.3) is 0 Å². The monoisotopic (exact) mass is 372 g/mol. The molecule has 0 aromatic carbocycles. The summed E-state index contributed by atoms with van der Waals surface area (Å²) in [5.74, 6) is -0.112. The number of hydrogen-bond donors (Lipinski definition) is 1. The molecule has 4 heterocycles. The highest BCUT2D eigenvalue weighted by atomic mass is 16.5. The normalized spacial score (nSPS) is 31.2. The van der Waals surface area contributed by atoms with E-state index in [1.54, 1.807) is 18.1 Å². The number of nitrogens with one attached hydrogen (secondary N) is 1. The second kappa shape index (κ2) is 6.48. The summed E-state index contributed by atoms with van der Waals surface area (Å²) in [6, 6.07) is 0.202. The van der Waals surface area contributed by atoms with Crippen molar-refractivity contribution in [2.75, 3.05) is 13.6 Å². The number of carbonyl (C=O) groups excluding carboxylic acids is 2. The standard InChI is InChI=1S/C20H28N4O3/c1-5-13(6-2)24-11-20-8-7-14(27-20)16(17(20)19(24)26)18(25)23(4)10-15-21-9-12(3)22-15/h7-9,13-14,16-17H,5-6,10-11H2,1-4H3,(H,21,22)/t14-,16?,17?,20-/m1/s1. The fourth-order valence-corrected chi connectivity index (χ4v) is 4.95. The maximum absolute atomic E-state index is 13.3. The van der Waals surface area contributed by atoms with Gasteiger partial charge in [-0.25, -0.2) is 4.98 Å². The van der Waals surface area contributed by atoms with Gasteiger partial charge in [-0.3, -0.25) is 9.59 Å². The van der Waals surface area contributed by atoms with Crippen molar-refractivity contribution >= 4 is 11.8 Å². The molecule has 7 heteroatoms. The minimum Gasteiger partial charge on any atom is -0.360 e. The van der Waals surface area contributed by atoms with Crippen LogP contribution >= 0.6 is 0 Å². The molecule has 0 radical (unpaired) electrons. The first-order valence-corrected chi connectivity index (χ1v) is 9.83. The Morgan fingerprint density at radius 3 is 2.85 bits per heavy atom. The third kappa shape index (κ3) is 2.71. The van der Waals surface area contributed by atoms with Gasteiger partial charge < -0.3 is 19.5 Å². The quantitative estimate of drug-likeness (QED) is 0.770. The van der Waals surface area contributed by atoms with Crippen LogP contribution in [0.2, 0.25) is 0 Å². The van der Waals surface area contributed by atoms with Crippen LogP contribution in [0, 0.1) is 18.8 Å². The topological polar surface area (TPSA) is 78.5 Å². The largest absolute Gasteiger partial charge is 0.360 e. The highest BCUT2D eigenvalue weighted by molar-refractivity contribution is 5.93. The second-order valence-corrected chi connectivity index (χ2v) is 8.04. The molecule has 2 amide bonds. The van der Waals surface area contributed by atoms with Crippen LogP contribution in [-0.4, -0.2) is 62.9 Å². The van der Waals surface area contributed by atoms with E-state index in [4.69, 9.17) is 4.74 Å². The molecule has 0 aliphatic carbocycles. The molecule has 2 bridgehead atoms. The van der Waals surface area contributed by atoms with Gasteiger partial charge >= 0.3 is 0 Å². The summed E-state index contributed by atoms with van der Waals surface area (Å²) < 4.78 is 6.22. The van der Waals surface area contributed by atoms with Crippen LogP contribution in [0.3, 0.4) is 0 Å². The van der Waals surface area contributed by atoms with E-state index in [0.717, 1.165) is 24.4 Å². The van der Waals surface area contributed by atoms with Gasteiger partial charge in [-0.1, -0.05) is 26.0 Å². The van der Waals surface area contributed by atoms with Crippen molar-refractivity contribution in [2.45, 2.75) is 57.9 Å². The van der Waals surface area contributed by atoms with Crippen molar-refractivity contribution in [1.29, 1.82) is 0 Å². The Hall–Kier alpha value is -2.15. The number of amides is 2. The van der Waals surface area contributed by atoms with Gasteiger partial charge in [0.1, 0.15) is 11.4 Å². The molecule has 2 saturated heterocycles. The maximum Gasteiger partial charge on any atom is 0.230 e. The number of aromatic amines is 1. The van der Waals surface area contributed by atoms with E-state index in [1.165, 1.54) is 0 Å². The second-order valence-electron chi connectivity index (χ2n) is 8.04. The Balaban J connectivity index is 1.56. The highest BCUT2D eigenvalue weighted by Gasteiger charge is 2.67. The Bertz CT molecular complexity index is 784. The number of nitrogens with zero attached hydrogens (tertiary/aromatic N) is 3. The van der Waals surface area contributed by atoms with Gasteiger partial charge in [0.05, 0.1) is 31.0 Å². The molecular weight excluding hydrogens is 344 g/mol. The summed E-state index contributed by atoms with van der Waals surface area (Å²) in [7, 11) is 1.76. The van der Waals surface area contributed by atoms with Gasteiger partial charge in [0.25, 0.3) is 0 Å². The molecule has 4 atom stereocenters. The van der Waals surface area contributed by atoms with Crippen LogP contribution in [0.15, 0.2) is 18.3 Å². The summed E-state index contributed by atoms with van der Waals surface area (Å²) in [6.45, 7) is 7.08. The lowest BCUT2D eigenvalue weighted by molar-refractivity contribution is -0.143. The van der Waals surface area contributed by atoms with Gasteiger partial charge in [0.2, 0.25) is 11.8 Å². The molecule has 146 valence electrons. The number of imidazole rings is 1. The molecule has 4 rings (SSSR count). The number of hydrogen-bond acceptors (Lipinski definition) is 4. The Morgan fingerprint density at radius 2 is 2.22 bits per heavy atom. The number of aryl methyl sites for hydroxylation is 1. The first-order valence-electron chi connectivity index (χ1n) is 9.83. The summed E-state index contributed by atoms with van der Waals surface area (Å²) in [5.41, 5.74) is 0.329. The smallest absolute Gasteiger partial charge is 0.230 e. The molecule has 27 heavy (non-hydrogen) atoms. The van der Waals surface area contributed by atoms with Gasteiger partial charge in [0.15, 0.2) is 0 Å². The summed E-state index contributed by atoms with van der Waals surface area (Å²) >= 11 is 0. The van der Waals surface area contributed by atoms with Crippen LogP contribution in [0.5, 0.6) is 0 Å². The average Bonchev–Trinajstić information content (AvgIpc) is 3.38. The molecule has 1 aromatic heterocycles. The lowest BCUT2D eigenvalue weighted by Crippen LogP contribution is -2.45. The van der Waals surface area contributed by atoms with Crippen molar-refractivity contribution < 1.29 is 14.3 Å². The lowest BCUT2D eigenvalue weighted by atomic mass is 9.76. The van der Waals surface area contributed by atoms with E-state index in [0.29, 0.717) is 13.1 Å². The molecule has 2 unspecified atom stereocenters. The lowest BCUT2D eigenvalue weighted by Gasteiger charge is -2.29. The van der Waals surface area contributed by atoms with Crippen molar-refractivity contribution in [3.05, 3.63) is 29.9 Å². The third-order valence-electron chi connectivity index (χ3n) is 6.32. The van der Waals surface area contributed by atoms with E-state index >= 15 is 0 Å². The highest BCUT2D eigenvalue weighted by Crippen LogP contribution is 2.52. The Morgan fingerprint density at radius 1 is 1.48 bits per heavy atom. The zero-order chi connectivity index (χ0) is 19.3. The van der Waals surface area contributed by atoms with Crippen molar-refractivity contribution in [2.24, 2.45) is 11.8 Å². The molecule has 0 saturated carbocycles. The molecule has 3 aliphatic rings. The fraction of sp³-hybridized carbons (Fsp3) is 0.650. The van der Waals surface area contributed by atoms with Gasteiger partial charge in [-0.15, -0.1) is 0 Å². The van der Waals surface area contributed by atoms with Crippen LogP contribution in [0.1, 0.15) is 38.2 Å². The molecule has 7 nitrogen and oxygen atoms in total. The van der Waals surface area contributed by atoms with E-state index in [2.05, 4.69) is 23.8 Å². The zero-order valence-electron chi connectivity index (χ0n) is 16.4. The van der Waals surface area contributed by atoms with E-state index in [9.17, 15) is 9.59 Å². The van der Waals surface area contributed by atoms with Crippen molar-refractivity contribution in [3.8, 4) is 0 Å². The van der Waals surface area contributed by atoms with Crippen LogP contribution in [0.4, 0.5) is 0 Å². The molecular formula is C20H28N4O3. The first kappa shape index (κ1) is 18.2. The maximum atomic E-state index is 13.3. The van der Waals surface area contributed by atoms with Crippen LogP contribution < -0.4 is 0 Å². The molecule has 1 spiro atoms. The van der Waals surface area contributed by atoms with Crippen molar-refractivity contribution in [3.63, 3.8) is 0 Å².